The summed E-state index contributed by atoms with van der Waals surface area (Å²) in [5.41, 5.74) is 0. The first-order valence-corrected chi connectivity index (χ1v) is 30.8. The van der Waals surface area contributed by atoms with Crippen molar-refractivity contribution in [2.24, 2.45) is 0 Å². The van der Waals surface area contributed by atoms with Crippen molar-refractivity contribution in [1.82, 2.24) is 0 Å². The maximum atomic E-state index is 12.9. The van der Waals surface area contributed by atoms with Gasteiger partial charge in [0.1, 0.15) is 13.2 Å². The second-order valence-corrected chi connectivity index (χ2v) is 20.6. The summed E-state index contributed by atoms with van der Waals surface area (Å²) in [6.45, 7) is 6.56. The van der Waals surface area contributed by atoms with E-state index in [1.54, 1.807) is 0 Å². The number of unbranched alkanes of at least 4 members (excludes halogenated alkanes) is 35. The van der Waals surface area contributed by atoms with Crippen LogP contribution in [-0.4, -0.2) is 37.2 Å². The minimum absolute atomic E-state index is 0.0752. The van der Waals surface area contributed by atoms with Gasteiger partial charge < -0.3 is 14.2 Å². The molecule has 0 N–H and O–H groups in total. The number of ether oxygens (including phenoxy) is 3. The van der Waals surface area contributed by atoms with Gasteiger partial charge in [0.25, 0.3) is 0 Å². The quantitative estimate of drug-likeness (QED) is 0.0261. The third kappa shape index (κ3) is 57.9. The topological polar surface area (TPSA) is 78.9 Å². The maximum absolute atomic E-state index is 12.9. The summed E-state index contributed by atoms with van der Waals surface area (Å²) in [5.74, 6) is -0.871. The van der Waals surface area contributed by atoms with Crippen LogP contribution in [0.2, 0.25) is 0 Å². The lowest BCUT2D eigenvalue weighted by atomic mass is 10.0. The molecule has 0 heterocycles. The van der Waals surface area contributed by atoms with E-state index in [0.29, 0.717) is 19.3 Å². The number of rotatable bonds is 56. The van der Waals surface area contributed by atoms with Crippen LogP contribution in [0.1, 0.15) is 316 Å². The molecule has 0 bridgehead atoms. The van der Waals surface area contributed by atoms with E-state index in [1.807, 2.05) is 0 Å². The average Bonchev–Trinajstić information content (AvgIpc) is 3.37. The highest BCUT2D eigenvalue weighted by atomic mass is 16.6. The van der Waals surface area contributed by atoms with Gasteiger partial charge in [-0.15, -0.1) is 0 Å². The van der Waals surface area contributed by atoms with Gasteiger partial charge in [-0.2, -0.15) is 0 Å². The second-order valence-electron chi connectivity index (χ2n) is 20.6. The van der Waals surface area contributed by atoms with Gasteiger partial charge in [0.05, 0.1) is 0 Å². The molecule has 0 spiro atoms. The van der Waals surface area contributed by atoms with Gasteiger partial charge in [0, 0.05) is 19.3 Å². The molecule has 0 aliphatic carbocycles. The minimum Gasteiger partial charge on any atom is -0.462 e. The van der Waals surface area contributed by atoms with E-state index in [9.17, 15) is 14.4 Å². The lowest BCUT2D eigenvalue weighted by molar-refractivity contribution is -0.167. The Hall–Kier alpha value is -2.89. The summed E-state index contributed by atoms with van der Waals surface area (Å²) in [7, 11) is 0. The van der Waals surface area contributed by atoms with Crippen LogP contribution >= 0.6 is 0 Å². The van der Waals surface area contributed by atoms with Crippen LogP contribution in [0.3, 0.4) is 0 Å². The van der Waals surface area contributed by atoms with E-state index in [2.05, 4.69) is 81.5 Å². The summed E-state index contributed by atoms with van der Waals surface area (Å²) < 4.78 is 16.9. The van der Waals surface area contributed by atoms with Crippen molar-refractivity contribution in [2.45, 2.75) is 322 Å². The van der Waals surface area contributed by atoms with E-state index in [0.717, 1.165) is 89.9 Å². The van der Waals surface area contributed by atoms with Crippen LogP contribution < -0.4 is 0 Å². The van der Waals surface area contributed by atoms with Crippen LogP contribution in [0, 0.1) is 0 Å². The first-order valence-electron chi connectivity index (χ1n) is 30.8. The van der Waals surface area contributed by atoms with E-state index in [1.165, 1.54) is 186 Å². The number of hydrogen-bond donors (Lipinski definition) is 0. The van der Waals surface area contributed by atoms with E-state index in [-0.39, 0.29) is 31.1 Å². The van der Waals surface area contributed by atoms with Crippen molar-refractivity contribution in [3.05, 3.63) is 60.8 Å². The average molecular weight is 994 g/mol. The fourth-order valence-corrected chi connectivity index (χ4v) is 8.90. The molecular formula is C65H116O6. The predicted octanol–water partition coefficient (Wildman–Crippen LogP) is 20.8. The first kappa shape index (κ1) is 68.1. The molecule has 0 saturated heterocycles. The zero-order chi connectivity index (χ0) is 51.4. The fraction of sp³-hybridized carbons (Fsp3) is 0.800. The molecule has 0 amide bonds. The number of carbonyl (C=O) groups is 3. The van der Waals surface area contributed by atoms with E-state index >= 15 is 0 Å². The number of allylic oxidation sites excluding steroid dienone is 10. The lowest BCUT2D eigenvalue weighted by Gasteiger charge is -2.18. The van der Waals surface area contributed by atoms with Gasteiger partial charge >= 0.3 is 17.9 Å². The Morgan fingerprint density at radius 3 is 0.873 bits per heavy atom. The Morgan fingerprint density at radius 2 is 0.549 bits per heavy atom. The Bertz CT molecular complexity index is 1280. The Labute approximate surface area is 440 Å². The van der Waals surface area contributed by atoms with E-state index < -0.39 is 6.10 Å². The Morgan fingerprint density at radius 1 is 0.296 bits per heavy atom. The summed E-state index contributed by atoms with van der Waals surface area (Å²) in [5, 5.41) is 0. The molecule has 0 aromatic rings. The zero-order valence-corrected chi connectivity index (χ0v) is 47.2. The molecule has 0 fully saturated rings. The highest BCUT2D eigenvalue weighted by Crippen LogP contribution is 2.16. The normalized spacial score (nSPS) is 12.4. The standard InChI is InChI=1S/C65H116O6/c1-4-7-10-13-16-19-22-25-28-30-32-33-34-36-37-40-43-46-49-52-55-58-64(67)70-61-62(60-69-63(66)57-54-51-48-45-42-39-27-24-21-18-15-12-9-6-3)71-65(68)59-56-53-50-47-44-41-38-35-31-29-26-23-20-17-14-11-8-5-2/h7,10,16,19,25,28-29,31-33,62H,4-6,8-9,11-15,17-18,20-24,26-27,30,34-61H2,1-3H3/b10-7-,19-16-,28-25-,31-29-,33-32-. The fourth-order valence-electron chi connectivity index (χ4n) is 8.90. The molecule has 0 aliphatic heterocycles. The molecule has 1 atom stereocenters. The molecule has 0 aliphatic rings. The number of hydrogen-bond acceptors (Lipinski definition) is 6. The monoisotopic (exact) mass is 993 g/mol. The van der Waals surface area contributed by atoms with Crippen molar-refractivity contribution in [3.8, 4) is 0 Å². The van der Waals surface area contributed by atoms with Gasteiger partial charge in [-0.3, -0.25) is 14.4 Å². The summed E-state index contributed by atoms with van der Waals surface area (Å²) in [6, 6.07) is 0. The van der Waals surface area contributed by atoms with E-state index in [4.69, 9.17) is 14.2 Å². The SMILES string of the molecule is CC/C=C\C/C=C\C/C=C\C/C=C\CCCCCCCCCCC(=O)OCC(COC(=O)CCCCCCCCCCCCCCCC)OC(=O)CCCCCCCCC/C=C\CCCCCCCCC. The molecular weight excluding hydrogens is 877 g/mol. The minimum atomic E-state index is -0.778. The molecule has 6 heteroatoms. The molecule has 0 saturated carbocycles. The van der Waals surface area contributed by atoms with Crippen molar-refractivity contribution < 1.29 is 28.6 Å². The summed E-state index contributed by atoms with van der Waals surface area (Å²) >= 11 is 0. The zero-order valence-electron chi connectivity index (χ0n) is 47.2. The molecule has 71 heavy (non-hydrogen) atoms. The van der Waals surface area contributed by atoms with Gasteiger partial charge in [-0.05, 0) is 83.5 Å². The largest absolute Gasteiger partial charge is 0.462 e. The van der Waals surface area contributed by atoms with Crippen LogP contribution in [0.5, 0.6) is 0 Å². The number of carbonyl (C=O) groups excluding carboxylic acids is 3. The summed E-state index contributed by atoms with van der Waals surface area (Å²) in [6.07, 6.45) is 75.0. The molecule has 6 nitrogen and oxygen atoms in total. The van der Waals surface area contributed by atoms with Gasteiger partial charge in [-0.1, -0.05) is 274 Å². The Kier molecular flexibility index (Phi) is 57.2. The van der Waals surface area contributed by atoms with Crippen LogP contribution in [-0.2, 0) is 28.6 Å². The molecule has 0 radical (unpaired) electrons. The Balaban J connectivity index is 4.35. The van der Waals surface area contributed by atoms with Crippen molar-refractivity contribution in [3.63, 3.8) is 0 Å². The summed E-state index contributed by atoms with van der Waals surface area (Å²) in [4.78, 5) is 38.3. The number of esters is 3. The highest BCUT2D eigenvalue weighted by Gasteiger charge is 2.19. The molecule has 1 unspecified atom stereocenters. The third-order valence-corrected chi connectivity index (χ3v) is 13.5. The second kappa shape index (κ2) is 59.7. The third-order valence-electron chi connectivity index (χ3n) is 13.5. The van der Waals surface area contributed by atoms with Crippen LogP contribution in [0.4, 0.5) is 0 Å². The smallest absolute Gasteiger partial charge is 0.306 e. The maximum Gasteiger partial charge on any atom is 0.306 e. The highest BCUT2D eigenvalue weighted by molar-refractivity contribution is 5.71. The van der Waals surface area contributed by atoms with Crippen molar-refractivity contribution in [1.29, 1.82) is 0 Å². The lowest BCUT2D eigenvalue weighted by Crippen LogP contribution is -2.30. The van der Waals surface area contributed by atoms with Gasteiger partial charge in [0.2, 0.25) is 0 Å². The van der Waals surface area contributed by atoms with Crippen LogP contribution in [0.25, 0.3) is 0 Å². The predicted molar refractivity (Wildman–Crippen MR) is 307 cm³/mol. The molecule has 0 aromatic heterocycles. The molecule has 0 aromatic carbocycles. The molecule has 412 valence electrons. The van der Waals surface area contributed by atoms with Crippen molar-refractivity contribution >= 4 is 17.9 Å². The van der Waals surface area contributed by atoms with Gasteiger partial charge in [0.15, 0.2) is 6.10 Å². The van der Waals surface area contributed by atoms with Crippen LogP contribution in [0.15, 0.2) is 60.8 Å². The van der Waals surface area contributed by atoms with Crippen molar-refractivity contribution in [2.75, 3.05) is 13.2 Å². The molecule has 0 rings (SSSR count). The first-order chi connectivity index (χ1) is 35.0. The van der Waals surface area contributed by atoms with Gasteiger partial charge in [-0.25, -0.2) is 0 Å².